The van der Waals surface area contributed by atoms with Gasteiger partial charge in [0.1, 0.15) is 5.82 Å². The van der Waals surface area contributed by atoms with Crippen LogP contribution in [0.5, 0.6) is 0 Å². The third-order valence-electron chi connectivity index (χ3n) is 4.36. The lowest BCUT2D eigenvalue weighted by Crippen LogP contribution is -2.16. The Bertz CT molecular complexity index is 897. The highest BCUT2D eigenvalue weighted by atomic mass is 18.2. The molecule has 0 atom stereocenters. The molecule has 4 N–H and O–H groups in total. The highest BCUT2D eigenvalue weighted by Gasteiger charge is 2.25. The van der Waals surface area contributed by atoms with Crippen molar-refractivity contribution in [3.63, 3.8) is 0 Å². The first-order chi connectivity index (χ1) is 13.2. The number of primary amides is 1. The SMILES string of the molecule is CC(C)(C)c1ccc(C(N)=O)cc1[N+](=O)[O-].CC(C)(C)c1ccc(CN)cc1[18F]. The van der Waals surface area contributed by atoms with Gasteiger partial charge in [0.25, 0.3) is 5.69 Å². The van der Waals surface area contributed by atoms with Crippen molar-refractivity contribution in [3.8, 4) is 0 Å². The van der Waals surface area contributed by atoms with Crippen molar-refractivity contribution in [3.05, 3.63) is 74.6 Å². The molecule has 0 aliphatic carbocycles. The van der Waals surface area contributed by atoms with Gasteiger partial charge in [0.15, 0.2) is 0 Å². The lowest BCUT2D eigenvalue weighted by molar-refractivity contribution is -0.386. The molecule has 0 unspecified atom stereocenters. The maximum atomic E-state index is 13.5. The van der Waals surface area contributed by atoms with Crippen LogP contribution in [0.3, 0.4) is 0 Å². The van der Waals surface area contributed by atoms with E-state index in [4.69, 9.17) is 11.5 Å². The first kappa shape index (κ1) is 24.2. The van der Waals surface area contributed by atoms with Crippen molar-refractivity contribution >= 4 is 11.6 Å². The van der Waals surface area contributed by atoms with Crippen molar-refractivity contribution in [2.45, 2.75) is 58.9 Å². The maximum absolute atomic E-state index is 13.5. The quantitative estimate of drug-likeness (QED) is 0.578. The van der Waals surface area contributed by atoms with E-state index in [-0.39, 0.29) is 27.9 Å². The first-order valence-corrected chi connectivity index (χ1v) is 9.26. The van der Waals surface area contributed by atoms with Crippen molar-refractivity contribution in [2.24, 2.45) is 11.5 Å². The summed E-state index contributed by atoms with van der Waals surface area (Å²) in [7, 11) is 0. The van der Waals surface area contributed by atoms with Gasteiger partial charge >= 0.3 is 0 Å². The van der Waals surface area contributed by atoms with Crippen LogP contribution in [0, 0.1) is 15.9 Å². The van der Waals surface area contributed by atoms with E-state index in [1.807, 2.05) is 53.7 Å². The zero-order chi connectivity index (χ0) is 22.6. The predicted molar refractivity (Wildman–Crippen MR) is 113 cm³/mol. The Morgan fingerprint density at radius 1 is 1.00 bits per heavy atom. The van der Waals surface area contributed by atoms with Crippen LogP contribution < -0.4 is 11.5 Å². The molecule has 0 radical (unpaired) electrons. The van der Waals surface area contributed by atoms with E-state index >= 15 is 0 Å². The van der Waals surface area contributed by atoms with Crippen molar-refractivity contribution in [2.75, 3.05) is 0 Å². The highest BCUT2D eigenvalue weighted by Crippen LogP contribution is 2.31. The average molecular weight is 403 g/mol. The van der Waals surface area contributed by atoms with E-state index in [2.05, 4.69) is 0 Å². The smallest absolute Gasteiger partial charge is 0.273 e. The van der Waals surface area contributed by atoms with E-state index in [0.29, 0.717) is 12.1 Å². The number of halogens is 1. The Balaban J connectivity index is 0.000000296. The number of nitrogens with two attached hydrogens (primary N) is 2. The van der Waals surface area contributed by atoms with Crippen LogP contribution in [-0.4, -0.2) is 10.8 Å². The summed E-state index contributed by atoms with van der Waals surface area (Å²) < 4.78 is 13.5. The van der Waals surface area contributed by atoms with Crippen LogP contribution in [0.2, 0.25) is 0 Å². The Kier molecular flexibility index (Phi) is 7.63. The Hall–Kier alpha value is -2.80. The van der Waals surface area contributed by atoms with Gasteiger partial charge in [-0.25, -0.2) is 4.39 Å². The zero-order valence-corrected chi connectivity index (χ0v) is 17.9. The van der Waals surface area contributed by atoms with Gasteiger partial charge in [0.2, 0.25) is 5.91 Å². The van der Waals surface area contributed by atoms with Gasteiger partial charge < -0.3 is 11.5 Å². The second kappa shape index (κ2) is 9.13. The molecule has 2 aromatic rings. The second-order valence-corrected chi connectivity index (χ2v) is 8.87. The normalized spacial score (nSPS) is 11.4. The van der Waals surface area contributed by atoms with Crippen LogP contribution in [0.15, 0.2) is 36.4 Å². The average Bonchev–Trinajstić information content (AvgIpc) is 2.59. The number of nitro groups is 1. The number of hydrogen-bond acceptors (Lipinski definition) is 4. The molecule has 0 spiro atoms. The highest BCUT2D eigenvalue weighted by molar-refractivity contribution is 5.93. The van der Waals surface area contributed by atoms with Crippen LogP contribution in [0.25, 0.3) is 0 Å². The summed E-state index contributed by atoms with van der Waals surface area (Å²) in [6, 6.07) is 9.53. The van der Waals surface area contributed by atoms with Crippen LogP contribution in [-0.2, 0) is 17.4 Å². The Labute approximate surface area is 171 Å². The lowest BCUT2D eigenvalue weighted by atomic mass is 9.85. The number of rotatable bonds is 3. The van der Waals surface area contributed by atoms with Crippen LogP contribution >= 0.6 is 0 Å². The van der Waals surface area contributed by atoms with Gasteiger partial charge in [-0.05, 0) is 34.1 Å². The van der Waals surface area contributed by atoms with Gasteiger partial charge in [0.05, 0.1) is 4.92 Å². The minimum Gasteiger partial charge on any atom is -0.366 e. The molecule has 2 aromatic carbocycles. The van der Waals surface area contributed by atoms with E-state index in [9.17, 15) is 19.3 Å². The third-order valence-corrected chi connectivity index (χ3v) is 4.36. The minimum atomic E-state index is -0.663. The molecule has 6 nitrogen and oxygen atoms in total. The Morgan fingerprint density at radius 2 is 1.52 bits per heavy atom. The summed E-state index contributed by atoms with van der Waals surface area (Å²) >= 11 is 0. The number of carbonyl (C=O) groups is 1. The molecule has 0 bridgehead atoms. The fraction of sp³-hybridized carbons (Fsp3) is 0.409. The molecule has 0 heterocycles. The summed E-state index contributed by atoms with van der Waals surface area (Å²) in [5.74, 6) is -0.820. The van der Waals surface area contributed by atoms with Gasteiger partial charge in [-0.15, -0.1) is 0 Å². The van der Waals surface area contributed by atoms with Crippen LogP contribution in [0.4, 0.5) is 10.1 Å². The molecule has 1 amide bonds. The van der Waals surface area contributed by atoms with E-state index in [1.54, 1.807) is 6.07 Å². The maximum Gasteiger partial charge on any atom is 0.273 e. The fourth-order valence-electron chi connectivity index (χ4n) is 2.76. The lowest BCUT2D eigenvalue weighted by Gasteiger charge is -2.19. The molecular formula is C22H30FN3O3. The topological polar surface area (TPSA) is 112 Å². The Morgan fingerprint density at radius 3 is 1.90 bits per heavy atom. The van der Waals surface area contributed by atoms with Crippen molar-refractivity contribution < 1.29 is 14.1 Å². The predicted octanol–water partition coefficient (Wildman–Crippen LogP) is 4.57. The third kappa shape index (κ3) is 6.64. The molecule has 0 fully saturated rings. The minimum absolute atomic E-state index is 0.0659. The number of benzene rings is 2. The molecule has 2 rings (SSSR count). The molecule has 158 valence electrons. The van der Waals surface area contributed by atoms with Gasteiger partial charge in [-0.2, -0.15) is 0 Å². The van der Waals surface area contributed by atoms with Crippen LogP contribution in [0.1, 0.15) is 68.6 Å². The summed E-state index contributed by atoms with van der Waals surface area (Å²) in [4.78, 5) is 21.3. The summed E-state index contributed by atoms with van der Waals surface area (Å²) in [6.07, 6.45) is 0. The molecule has 0 aliphatic heterocycles. The molecule has 7 heteroatoms. The van der Waals surface area contributed by atoms with E-state index in [1.165, 1.54) is 18.2 Å². The van der Waals surface area contributed by atoms with Gasteiger partial charge in [0, 0.05) is 23.7 Å². The monoisotopic (exact) mass is 402 g/mol. The van der Waals surface area contributed by atoms with Crippen molar-refractivity contribution in [1.29, 1.82) is 0 Å². The molecule has 29 heavy (non-hydrogen) atoms. The second-order valence-electron chi connectivity index (χ2n) is 8.87. The summed E-state index contributed by atoms with van der Waals surface area (Å²) in [5, 5.41) is 10.9. The zero-order valence-electron chi connectivity index (χ0n) is 17.9. The molecule has 0 aliphatic rings. The van der Waals surface area contributed by atoms with Gasteiger partial charge in [-0.1, -0.05) is 59.7 Å². The van der Waals surface area contributed by atoms with Crippen molar-refractivity contribution in [1.82, 2.24) is 0 Å². The molecule has 0 saturated carbocycles. The summed E-state index contributed by atoms with van der Waals surface area (Å²) in [6.45, 7) is 12.0. The van der Waals surface area contributed by atoms with Gasteiger partial charge in [-0.3, -0.25) is 14.9 Å². The molecular weight excluding hydrogens is 372 g/mol. The summed E-state index contributed by atoms with van der Waals surface area (Å²) in [5.41, 5.74) is 12.3. The first-order valence-electron chi connectivity index (χ1n) is 9.26. The number of nitrogens with zero attached hydrogens (tertiary/aromatic N) is 1. The molecule has 0 aromatic heterocycles. The largest absolute Gasteiger partial charge is 0.366 e. The number of hydrogen-bond donors (Lipinski definition) is 2. The van der Waals surface area contributed by atoms with E-state index in [0.717, 1.165) is 11.1 Å². The van der Waals surface area contributed by atoms with E-state index < -0.39 is 10.8 Å². The number of amides is 1. The number of nitro benzene ring substituents is 1. The standard InChI is InChI=1S/C11H16FN.C11H14N2O3/c1-11(2,3)9-5-4-8(7-13)6-10(9)12;1-11(2,3)8-5-4-7(10(12)14)6-9(8)13(15)16/h4-6H,7,13H2,1-3H3;4-6H,1-3H3,(H2,12,14)/i12-1;. The fourth-order valence-corrected chi connectivity index (χ4v) is 2.76. The number of carbonyl (C=O) groups excluding carboxylic acids is 1. The molecule has 0 saturated heterocycles.